The Kier molecular flexibility index (Phi) is 10.2. The minimum Gasteiger partial charge on any atom is -0.481 e. The summed E-state index contributed by atoms with van der Waals surface area (Å²) in [7, 11) is 3.39. The molecule has 0 atom stereocenters. The second kappa shape index (κ2) is 12.6. The zero-order valence-corrected chi connectivity index (χ0v) is 19.4. The summed E-state index contributed by atoms with van der Waals surface area (Å²) in [6.45, 7) is 5.92. The maximum atomic E-state index is 5.45. The maximum absolute atomic E-state index is 5.45. The van der Waals surface area contributed by atoms with E-state index in [1.807, 2.05) is 12.1 Å². The zero-order chi connectivity index (χ0) is 19.6. The van der Waals surface area contributed by atoms with E-state index in [9.17, 15) is 0 Å². The summed E-state index contributed by atoms with van der Waals surface area (Å²) in [4.78, 5) is 11.0. The van der Waals surface area contributed by atoms with Crippen LogP contribution in [0.15, 0.2) is 47.6 Å². The average molecular weight is 511 g/mol. The molecule has 2 aromatic rings. The van der Waals surface area contributed by atoms with Crippen molar-refractivity contribution in [2.24, 2.45) is 4.99 Å². The van der Waals surface area contributed by atoms with Crippen molar-refractivity contribution < 1.29 is 9.47 Å². The summed E-state index contributed by atoms with van der Waals surface area (Å²) in [5.41, 5.74) is 3.69. The Morgan fingerprint density at radius 2 is 1.83 bits per heavy atom. The highest BCUT2D eigenvalue weighted by Gasteiger charge is 2.12. The molecule has 1 aromatic heterocycles. The van der Waals surface area contributed by atoms with Crippen molar-refractivity contribution in [2.75, 3.05) is 40.5 Å². The molecule has 2 N–H and O–H groups in total. The maximum Gasteiger partial charge on any atom is 0.212 e. The average Bonchev–Trinajstić information content (AvgIpc) is 2.76. The molecular weight excluding hydrogens is 481 g/mol. The number of aromatic nitrogens is 1. The number of guanidine groups is 1. The van der Waals surface area contributed by atoms with Crippen molar-refractivity contribution in [1.29, 1.82) is 0 Å². The normalized spacial score (nSPS) is 14.8. The Hall–Kier alpha value is -1.91. The van der Waals surface area contributed by atoms with Gasteiger partial charge in [0.1, 0.15) is 0 Å². The number of hydrogen-bond donors (Lipinski definition) is 2. The Labute approximate surface area is 189 Å². The number of methoxy groups -OCH3 is 1. The van der Waals surface area contributed by atoms with E-state index in [2.05, 4.69) is 49.8 Å². The molecule has 0 amide bonds. The zero-order valence-electron chi connectivity index (χ0n) is 17.1. The molecule has 0 radical (unpaired) electrons. The lowest BCUT2D eigenvalue weighted by molar-refractivity contribution is 0.0341. The topological polar surface area (TPSA) is 71.0 Å². The molecule has 1 saturated heterocycles. The number of pyridine rings is 1. The molecule has 1 aliphatic rings. The van der Waals surface area contributed by atoms with Crippen LogP contribution in [0.2, 0.25) is 0 Å². The third kappa shape index (κ3) is 7.45. The van der Waals surface area contributed by atoms with Crippen molar-refractivity contribution in [3.05, 3.63) is 59.3 Å². The summed E-state index contributed by atoms with van der Waals surface area (Å²) in [6, 6.07) is 12.4. The van der Waals surface area contributed by atoms with Gasteiger partial charge in [0.15, 0.2) is 5.96 Å². The van der Waals surface area contributed by atoms with E-state index in [1.165, 1.54) is 11.1 Å². The van der Waals surface area contributed by atoms with Gasteiger partial charge in [-0.25, -0.2) is 4.98 Å². The van der Waals surface area contributed by atoms with E-state index < -0.39 is 0 Å². The number of rotatable bonds is 7. The Morgan fingerprint density at radius 1 is 1.10 bits per heavy atom. The third-order valence-corrected chi connectivity index (χ3v) is 4.75. The first kappa shape index (κ1) is 23.4. The number of hydrogen-bond acceptors (Lipinski definition) is 5. The van der Waals surface area contributed by atoms with Gasteiger partial charge in [-0.2, -0.15) is 0 Å². The Balaban J connectivity index is 0.00000300. The van der Waals surface area contributed by atoms with Gasteiger partial charge in [-0.15, -0.1) is 24.0 Å². The van der Waals surface area contributed by atoms with Crippen LogP contribution in [0, 0.1) is 0 Å². The highest BCUT2D eigenvalue weighted by Crippen LogP contribution is 2.13. The monoisotopic (exact) mass is 511 g/mol. The van der Waals surface area contributed by atoms with Crippen LogP contribution in [-0.4, -0.2) is 56.3 Å². The molecule has 158 valence electrons. The molecule has 0 spiro atoms. The number of nitrogens with zero attached hydrogens (tertiary/aromatic N) is 3. The molecule has 29 heavy (non-hydrogen) atoms. The van der Waals surface area contributed by atoms with Gasteiger partial charge in [0.05, 0.1) is 20.3 Å². The molecule has 0 aliphatic carbocycles. The standard InChI is InChI=1S/C21H29N5O2.HI/c1-22-21(24-14-17-7-8-20(27-2)23-13-17)25-15-18-5-3-4-6-19(18)16-26-9-11-28-12-10-26;/h3-8,13H,9-12,14-16H2,1-2H3,(H2,22,24,25);1H. The lowest BCUT2D eigenvalue weighted by Gasteiger charge is -2.27. The summed E-state index contributed by atoms with van der Waals surface area (Å²) in [5, 5.41) is 6.73. The van der Waals surface area contributed by atoms with Crippen molar-refractivity contribution in [2.45, 2.75) is 19.6 Å². The van der Waals surface area contributed by atoms with Gasteiger partial charge in [-0.3, -0.25) is 9.89 Å². The van der Waals surface area contributed by atoms with E-state index in [0.717, 1.165) is 50.9 Å². The van der Waals surface area contributed by atoms with Gasteiger partial charge in [-0.05, 0) is 16.7 Å². The quantitative estimate of drug-likeness (QED) is 0.338. The van der Waals surface area contributed by atoms with Crippen molar-refractivity contribution in [3.8, 4) is 5.88 Å². The fourth-order valence-electron chi connectivity index (χ4n) is 3.11. The second-order valence-corrected chi connectivity index (χ2v) is 6.65. The van der Waals surface area contributed by atoms with Gasteiger partial charge in [0, 0.05) is 52.0 Å². The van der Waals surface area contributed by atoms with Crippen LogP contribution >= 0.6 is 24.0 Å². The van der Waals surface area contributed by atoms with Crippen LogP contribution in [-0.2, 0) is 24.4 Å². The van der Waals surface area contributed by atoms with Crippen molar-refractivity contribution in [3.63, 3.8) is 0 Å². The number of benzene rings is 1. The fourth-order valence-corrected chi connectivity index (χ4v) is 3.11. The Morgan fingerprint density at radius 3 is 2.48 bits per heavy atom. The minimum absolute atomic E-state index is 0. The first-order valence-corrected chi connectivity index (χ1v) is 9.59. The highest BCUT2D eigenvalue weighted by molar-refractivity contribution is 14.0. The second-order valence-electron chi connectivity index (χ2n) is 6.65. The van der Waals surface area contributed by atoms with Gasteiger partial charge >= 0.3 is 0 Å². The molecule has 1 aliphatic heterocycles. The lowest BCUT2D eigenvalue weighted by Crippen LogP contribution is -2.37. The lowest BCUT2D eigenvalue weighted by atomic mass is 10.1. The van der Waals surface area contributed by atoms with Crippen LogP contribution in [0.4, 0.5) is 0 Å². The number of ether oxygens (including phenoxy) is 2. The van der Waals surface area contributed by atoms with Gasteiger partial charge in [0.25, 0.3) is 0 Å². The first-order valence-electron chi connectivity index (χ1n) is 9.59. The minimum atomic E-state index is 0. The van der Waals surface area contributed by atoms with E-state index in [4.69, 9.17) is 9.47 Å². The van der Waals surface area contributed by atoms with Crippen LogP contribution in [0.25, 0.3) is 0 Å². The fraction of sp³-hybridized carbons (Fsp3) is 0.429. The van der Waals surface area contributed by atoms with Crippen molar-refractivity contribution in [1.82, 2.24) is 20.5 Å². The van der Waals surface area contributed by atoms with Crippen molar-refractivity contribution >= 4 is 29.9 Å². The summed E-state index contributed by atoms with van der Waals surface area (Å²) in [6.07, 6.45) is 1.80. The predicted molar refractivity (Wildman–Crippen MR) is 126 cm³/mol. The highest BCUT2D eigenvalue weighted by atomic mass is 127. The predicted octanol–water partition coefficient (Wildman–Crippen LogP) is 2.41. The molecule has 7 nitrogen and oxygen atoms in total. The van der Waals surface area contributed by atoms with E-state index in [1.54, 1.807) is 20.4 Å². The molecule has 3 rings (SSSR count). The Bertz CT molecular complexity index is 764. The largest absolute Gasteiger partial charge is 0.481 e. The summed E-state index contributed by atoms with van der Waals surface area (Å²) < 4.78 is 10.5. The molecule has 0 bridgehead atoms. The number of nitrogens with one attached hydrogen (secondary N) is 2. The van der Waals surface area contributed by atoms with E-state index >= 15 is 0 Å². The van der Waals surface area contributed by atoms with Gasteiger partial charge in [0.2, 0.25) is 5.88 Å². The molecule has 0 saturated carbocycles. The first-order chi connectivity index (χ1) is 13.8. The number of aliphatic imine (C=N–C) groups is 1. The molecule has 2 heterocycles. The van der Waals surface area contributed by atoms with Crippen LogP contribution < -0.4 is 15.4 Å². The summed E-state index contributed by atoms with van der Waals surface area (Å²) in [5.74, 6) is 1.38. The van der Waals surface area contributed by atoms with Crippen LogP contribution in [0.1, 0.15) is 16.7 Å². The molecule has 1 aromatic carbocycles. The molecule has 8 heteroatoms. The number of morpholine rings is 1. The van der Waals surface area contributed by atoms with E-state index in [-0.39, 0.29) is 24.0 Å². The number of halogens is 1. The van der Waals surface area contributed by atoms with Gasteiger partial charge in [-0.1, -0.05) is 30.3 Å². The molecule has 0 unspecified atom stereocenters. The molecule has 1 fully saturated rings. The molecular formula is C21H30IN5O2. The SMILES string of the molecule is CN=C(NCc1ccc(OC)nc1)NCc1ccccc1CN1CCOCC1.I. The smallest absolute Gasteiger partial charge is 0.212 e. The van der Waals surface area contributed by atoms with E-state index in [0.29, 0.717) is 12.4 Å². The van der Waals surface area contributed by atoms with Crippen LogP contribution in [0.3, 0.4) is 0 Å². The third-order valence-electron chi connectivity index (χ3n) is 4.75. The summed E-state index contributed by atoms with van der Waals surface area (Å²) >= 11 is 0. The van der Waals surface area contributed by atoms with Gasteiger partial charge < -0.3 is 20.1 Å². The van der Waals surface area contributed by atoms with Crippen LogP contribution in [0.5, 0.6) is 5.88 Å².